The minimum Gasteiger partial charge on any atom is -0.454 e. The van der Waals surface area contributed by atoms with Gasteiger partial charge in [0, 0.05) is 6.07 Å². The van der Waals surface area contributed by atoms with Crippen LogP contribution in [0.5, 0.6) is 11.5 Å². The molecule has 3 aromatic rings. The summed E-state index contributed by atoms with van der Waals surface area (Å²) in [5.41, 5.74) is 1.20. The first kappa shape index (κ1) is 9.85. The van der Waals surface area contributed by atoms with Crippen LogP contribution in [0.2, 0.25) is 10.3 Å². The summed E-state index contributed by atoms with van der Waals surface area (Å²) in [6.07, 6.45) is 1.35. The van der Waals surface area contributed by atoms with Crippen LogP contribution < -0.4 is 9.47 Å². The molecule has 1 aliphatic heterocycles. The first-order valence-electron chi connectivity index (χ1n) is 6.64. The summed E-state index contributed by atoms with van der Waals surface area (Å²) in [7, 11) is 0. The molecule has 0 atom stereocenters. The van der Waals surface area contributed by atoms with E-state index in [0.717, 1.165) is 0 Å². The molecule has 1 aliphatic rings. The van der Waals surface area contributed by atoms with E-state index in [-0.39, 0.29) is 0 Å². The predicted octanol–water partition coefficient (Wildman–Crippen LogP) is 3.46. The summed E-state index contributed by atoms with van der Waals surface area (Å²) >= 11 is 12.3. The van der Waals surface area contributed by atoms with Gasteiger partial charge >= 0.3 is 0 Å². The van der Waals surface area contributed by atoms with Crippen molar-refractivity contribution in [3.8, 4) is 17.2 Å². The Labute approximate surface area is 126 Å². The maximum Gasteiger partial charge on any atom is 0.231 e. The van der Waals surface area contributed by atoms with Gasteiger partial charge < -0.3 is 9.47 Å². The minimum absolute atomic E-state index is 0.292. The molecule has 1 aromatic carbocycles. The maximum absolute atomic E-state index is 7.47. The van der Waals surface area contributed by atoms with Crippen molar-refractivity contribution in [3.63, 3.8) is 0 Å². The maximum atomic E-state index is 7.47. The molecular weight excluding hydrogens is 301 g/mol. The van der Waals surface area contributed by atoms with Crippen LogP contribution in [0.1, 0.15) is 2.74 Å². The summed E-state index contributed by atoms with van der Waals surface area (Å²) in [5.74, 6) is 0.620. The molecule has 0 amide bonds. The molecule has 4 rings (SSSR count). The second kappa shape index (κ2) is 4.26. The molecule has 3 heterocycles. The van der Waals surface area contributed by atoms with Crippen LogP contribution in [-0.2, 0) is 0 Å². The lowest BCUT2D eigenvalue weighted by Gasteiger charge is -2.07. The first-order valence-corrected chi connectivity index (χ1v) is 6.40. The van der Waals surface area contributed by atoms with E-state index in [1.807, 2.05) is 0 Å². The number of benzene rings is 1. The molecule has 0 N–H and O–H groups in total. The molecule has 20 heavy (non-hydrogen) atoms. The average molecular weight is 310 g/mol. The number of rotatable bonds is 1. The highest BCUT2D eigenvalue weighted by Crippen LogP contribution is 2.36. The van der Waals surface area contributed by atoms with Crippen molar-refractivity contribution in [2.24, 2.45) is 0 Å². The predicted molar refractivity (Wildman–Crippen MR) is 75.0 cm³/mol. The molecule has 0 spiro atoms. The van der Waals surface area contributed by atoms with Gasteiger partial charge in [-0.3, -0.25) is 4.57 Å². The fourth-order valence-electron chi connectivity index (χ4n) is 2.11. The second-order valence-electron chi connectivity index (χ2n) is 4.12. The van der Waals surface area contributed by atoms with Gasteiger partial charge in [-0.2, -0.15) is 0 Å². The van der Waals surface area contributed by atoms with Crippen molar-refractivity contribution in [1.82, 2.24) is 14.5 Å². The van der Waals surface area contributed by atoms with Crippen LogP contribution >= 0.6 is 23.2 Å². The highest BCUT2D eigenvalue weighted by atomic mass is 35.5. The SMILES string of the molecule is [2H]C1([2H])Oc2ccc(-n3c(Cl)cc4c(Cl)ncnc43)cc2O1. The van der Waals surface area contributed by atoms with Crippen molar-refractivity contribution in [1.29, 1.82) is 0 Å². The molecule has 0 unspecified atom stereocenters. The highest BCUT2D eigenvalue weighted by molar-refractivity contribution is 6.36. The zero-order valence-electron chi connectivity index (χ0n) is 11.8. The summed E-state index contributed by atoms with van der Waals surface area (Å²) in [6, 6.07) is 6.63. The van der Waals surface area contributed by atoms with E-state index in [1.165, 1.54) is 6.33 Å². The van der Waals surface area contributed by atoms with Crippen molar-refractivity contribution < 1.29 is 12.2 Å². The monoisotopic (exact) mass is 309 g/mol. The average Bonchev–Trinajstić information content (AvgIpc) is 2.93. The third-order valence-electron chi connectivity index (χ3n) is 2.99. The number of halogens is 2. The standard InChI is InChI=1S/C13H7Cl2N3O2/c14-11-4-8-12(15)16-5-17-13(8)18(11)7-1-2-9-10(3-7)20-6-19-9/h1-5H,6H2/i6D2. The Morgan fingerprint density at radius 3 is 2.90 bits per heavy atom. The van der Waals surface area contributed by atoms with Gasteiger partial charge in [0.25, 0.3) is 0 Å². The van der Waals surface area contributed by atoms with Crippen LogP contribution in [0.3, 0.4) is 0 Å². The van der Waals surface area contributed by atoms with E-state index in [0.29, 0.717) is 38.5 Å². The molecule has 0 fully saturated rings. The van der Waals surface area contributed by atoms with Gasteiger partial charge in [-0.25, -0.2) is 9.97 Å². The van der Waals surface area contributed by atoms with Crippen LogP contribution in [0, 0.1) is 0 Å². The van der Waals surface area contributed by atoms with E-state index < -0.39 is 6.75 Å². The molecule has 0 radical (unpaired) electrons. The second-order valence-corrected chi connectivity index (χ2v) is 4.87. The molecule has 0 saturated carbocycles. The van der Waals surface area contributed by atoms with Crippen molar-refractivity contribution in [3.05, 3.63) is 40.9 Å². The normalized spacial score (nSPS) is 17.1. The Balaban J connectivity index is 1.91. The third-order valence-corrected chi connectivity index (χ3v) is 3.57. The number of hydrogen-bond acceptors (Lipinski definition) is 4. The largest absolute Gasteiger partial charge is 0.454 e. The van der Waals surface area contributed by atoms with E-state index in [9.17, 15) is 0 Å². The molecule has 100 valence electrons. The van der Waals surface area contributed by atoms with Crippen molar-refractivity contribution in [2.45, 2.75) is 0 Å². The van der Waals surface area contributed by atoms with Gasteiger partial charge in [0.2, 0.25) is 6.75 Å². The number of ether oxygens (including phenoxy) is 2. The summed E-state index contributed by atoms with van der Waals surface area (Å²) in [4.78, 5) is 8.12. The van der Waals surface area contributed by atoms with Crippen LogP contribution in [-0.4, -0.2) is 21.3 Å². The van der Waals surface area contributed by atoms with Gasteiger partial charge in [-0.05, 0) is 18.2 Å². The third kappa shape index (κ3) is 1.63. The molecular formula is C13H7Cl2N3O2. The summed E-state index contributed by atoms with van der Waals surface area (Å²) in [5, 5.41) is 1.34. The Morgan fingerprint density at radius 1 is 1.15 bits per heavy atom. The Kier molecular flexibility index (Phi) is 2.10. The van der Waals surface area contributed by atoms with E-state index in [4.69, 9.17) is 35.4 Å². The smallest absolute Gasteiger partial charge is 0.231 e. The van der Waals surface area contributed by atoms with Gasteiger partial charge in [0.15, 0.2) is 17.1 Å². The molecule has 2 aromatic heterocycles. The number of hydrogen-bond donors (Lipinski definition) is 0. The first-order chi connectivity index (χ1) is 10.4. The van der Waals surface area contributed by atoms with E-state index in [1.54, 1.807) is 28.8 Å². The fourth-order valence-corrected chi connectivity index (χ4v) is 2.58. The molecule has 0 aliphatic carbocycles. The Bertz CT molecular complexity index is 914. The fraction of sp³-hybridized carbons (Fsp3) is 0.0769. The minimum atomic E-state index is -2.17. The Hall–Kier alpha value is -1.98. The van der Waals surface area contributed by atoms with Crippen molar-refractivity contribution in [2.75, 3.05) is 6.75 Å². The molecule has 7 heteroatoms. The van der Waals surface area contributed by atoms with Crippen LogP contribution in [0.15, 0.2) is 30.6 Å². The van der Waals surface area contributed by atoms with E-state index in [2.05, 4.69) is 9.97 Å². The van der Waals surface area contributed by atoms with Crippen molar-refractivity contribution >= 4 is 34.2 Å². The lowest BCUT2D eigenvalue weighted by Crippen LogP contribution is -1.96. The lowest BCUT2D eigenvalue weighted by atomic mass is 10.3. The molecule has 0 bridgehead atoms. The van der Waals surface area contributed by atoms with Gasteiger partial charge in [-0.15, -0.1) is 0 Å². The van der Waals surface area contributed by atoms with E-state index >= 15 is 0 Å². The number of aromatic nitrogens is 3. The van der Waals surface area contributed by atoms with Crippen LogP contribution in [0.25, 0.3) is 16.7 Å². The number of nitrogens with zero attached hydrogens (tertiary/aromatic N) is 3. The molecule has 0 saturated heterocycles. The van der Waals surface area contributed by atoms with Gasteiger partial charge in [-0.1, -0.05) is 23.2 Å². The number of fused-ring (bicyclic) bond motifs is 2. The summed E-state index contributed by atoms with van der Waals surface area (Å²) < 4.78 is 26.7. The van der Waals surface area contributed by atoms with Gasteiger partial charge in [0.1, 0.15) is 19.4 Å². The zero-order chi connectivity index (χ0) is 15.5. The van der Waals surface area contributed by atoms with Crippen LogP contribution in [0.4, 0.5) is 0 Å². The molecule has 5 nitrogen and oxygen atoms in total. The highest BCUT2D eigenvalue weighted by Gasteiger charge is 2.17. The summed E-state index contributed by atoms with van der Waals surface area (Å²) in [6.45, 7) is -2.17. The quantitative estimate of drug-likeness (QED) is 0.646. The Morgan fingerprint density at radius 2 is 2.00 bits per heavy atom. The zero-order valence-corrected chi connectivity index (χ0v) is 11.3. The lowest BCUT2D eigenvalue weighted by molar-refractivity contribution is 0.174. The topological polar surface area (TPSA) is 49.2 Å². The van der Waals surface area contributed by atoms with Gasteiger partial charge in [0.05, 0.1) is 11.1 Å².